The van der Waals surface area contributed by atoms with Crippen molar-refractivity contribution in [1.29, 1.82) is 0 Å². The fourth-order valence-electron chi connectivity index (χ4n) is 2.25. The Bertz CT molecular complexity index is 456. The van der Waals surface area contributed by atoms with E-state index in [2.05, 4.69) is 24.3 Å². The molecule has 2 heteroatoms. The first-order chi connectivity index (χ1) is 8.72. The highest BCUT2D eigenvalue weighted by Crippen LogP contribution is 2.30. The zero-order valence-electron chi connectivity index (χ0n) is 10.8. The number of esters is 1. The van der Waals surface area contributed by atoms with Crippen molar-refractivity contribution >= 4 is 5.97 Å². The molecule has 0 aromatic heterocycles. The van der Waals surface area contributed by atoms with Crippen LogP contribution in [0.25, 0.3) is 0 Å². The van der Waals surface area contributed by atoms with Crippen LogP contribution in [0.1, 0.15) is 23.5 Å². The molecule has 1 unspecified atom stereocenters. The molecular formula is C16H18O2. The van der Waals surface area contributed by atoms with Crippen LogP contribution < -0.4 is 0 Å². The van der Waals surface area contributed by atoms with Gasteiger partial charge >= 0.3 is 5.97 Å². The number of carbonyl (C=O) groups excluding carboxylic acids is 1. The van der Waals surface area contributed by atoms with Gasteiger partial charge in [0.2, 0.25) is 0 Å². The fraction of sp³-hybridized carbons (Fsp3) is 0.312. The summed E-state index contributed by atoms with van der Waals surface area (Å²) < 4.78 is 4.94. The molecule has 0 spiro atoms. The van der Waals surface area contributed by atoms with Gasteiger partial charge in [0.1, 0.15) is 0 Å². The largest absolute Gasteiger partial charge is 0.469 e. The number of allylic oxidation sites excluding steroid dienone is 4. The lowest BCUT2D eigenvalue weighted by Gasteiger charge is -2.22. The molecule has 94 valence electrons. The van der Waals surface area contributed by atoms with E-state index in [1.165, 1.54) is 12.7 Å². The van der Waals surface area contributed by atoms with Crippen LogP contribution in [0.3, 0.4) is 0 Å². The van der Waals surface area contributed by atoms with Crippen molar-refractivity contribution in [3.05, 3.63) is 59.7 Å². The molecule has 1 aromatic rings. The van der Waals surface area contributed by atoms with Gasteiger partial charge in [-0.3, -0.25) is 4.79 Å². The number of ether oxygens (including phenoxy) is 1. The average molecular weight is 242 g/mol. The predicted molar refractivity (Wildman–Crippen MR) is 72.3 cm³/mol. The van der Waals surface area contributed by atoms with Crippen molar-refractivity contribution in [2.45, 2.75) is 19.3 Å². The van der Waals surface area contributed by atoms with E-state index in [1.807, 2.05) is 31.2 Å². The van der Waals surface area contributed by atoms with Gasteiger partial charge < -0.3 is 4.74 Å². The Morgan fingerprint density at radius 3 is 2.39 bits per heavy atom. The van der Waals surface area contributed by atoms with Crippen LogP contribution in [0.15, 0.2) is 48.6 Å². The summed E-state index contributed by atoms with van der Waals surface area (Å²) in [6.07, 6.45) is 9.30. The molecule has 1 atom stereocenters. The summed E-state index contributed by atoms with van der Waals surface area (Å²) in [5.74, 6) is -0.336. The quantitative estimate of drug-likeness (QED) is 0.600. The number of rotatable bonds is 3. The van der Waals surface area contributed by atoms with E-state index in [0.29, 0.717) is 0 Å². The minimum atomic E-state index is -0.247. The minimum Gasteiger partial charge on any atom is -0.469 e. The van der Waals surface area contributed by atoms with Gasteiger partial charge in [-0.2, -0.15) is 0 Å². The van der Waals surface area contributed by atoms with Crippen LogP contribution in [-0.4, -0.2) is 13.1 Å². The highest BCUT2D eigenvalue weighted by atomic mass is 16.5. The molecule has 0 heterocycles. The molecule has 1 aliphatic carbocycles. The maximum absolute atomic E-state index is 12.0. The van der Waals surface area contributed by atoms with Gasteiger partial charge in [-0.15, -0.1) is 0 Å². The van der Waals surface area contributed by atoms with E-state index in [-0.39, 0.29) is 17.8 Å². The lowest BCUT2D eigenvalue weighted by Crippen LogP contribution is -2.21. The summed E-state index contributed by atoms with van der Waals surface area (Å²) in [5, 5.41) is 0. The number of hydrogen-bond donors (Lipinski definition) is 0. The first kappa shape index (κ1) is 12.6. The molecule has 0 radical (unpaired) electrons. The van der Waals surface area contributed by atoms with Crippen LogP contribution in [0.5, 0.6) is 0 Å². The summed E-state index contributed by atoms with van der Waals surface area (Å²) in [6.45, 7) is 2.04. The second-order valence-corrected chi connectivity index (χ2v) is 4.58. The topological polar surface area (TPSA) is 26.3 Å². The van der Waals surface area contributed by atoms with Crippen molar-refractivity contribution in [3.63, 3.8) is 0 Å². The fourth-order valence-corrected chi connectivity index (χ4v) is 2.25. The number of methoxy groups -OCH3 is 1. The van der Waals surface area contributed by atoms with Crippen molar-refractivity contribution in [3.8, 4) is 0 Å². The van der Waals surface area contributed by atoms with Crippen LogP contribution in [0, 0.1) is 12.8 Å². The van der Waals surface area contributed by atoms with E-state index >= 15 is 0 Å². The Kier molecular flexibility index (Phi) is 3.98. The molecule has 0 saturated carbocycles. The smallest absolute Gasteiger partial charge is 0.314 e. The predicted octanol–water partition coefficient (Wildman–Crippen LogP) is 3.38. The molecule has 1 aliphatic rings. The molecule has 2 rings (SSSR count). The van der Waals surface area contributed by atoms with Crippen molar-refractivity contribution in [2.75, 3.05) is 7.11 Å². The van der Waals surface area contributed by atoms with Crippen molar-refractivity contribution in [2.24, 2.45) is 5.92 Å². The van der Waals surface area contributed by atoms with Crippen LogP contribution >= 0.6 is 0 Å². The van der Waals surface area contributed by atoms with E-state index in [4.69, 9.17) is 4.74 Å². The second kappa shape index (κ2) is 5.67. The highest BCUT2D eigenvalue weighted by molar-refractivity contribution is 5.79. The third kappa shape index (κ3) is 2.70. The second-order valence-electron chi connectivity index (χ2n) is 4.58. The first-order valence-electron chi connectivity index (χ1n) is 6.20. The van der Waals surface area contributed by atoms with Gasteiger partial charge in [-0.1, -0.05) is 54.1 Å². The van der Waals surface area contributed by atoms with Gasteiger partial charge in [-0.05, 0) is 18.9 Å². The monoisotopic (exact) mass is 242 g/mol. The third-order valence-electron chi connectivity index (χ3n) is 3.27. The Balaban J connectivity index is 2.33. The maximum Gasteiger partial charge on any atom is 0.314 e. The number of benzene rings is 1. The molecular weight excluding hydrogens is 224 g/mol. The molecule has 2 nitrogen and oxygen atoms in total. The van der Waals surface area contributed by atoms with E-state index in [1.54, 1.807) is 0 Å². The summed E-state index contributed by atoms with van der Waals surface area (Å²) >= 11 is 0. The summed E-state index contributed by atoms with van der Waals surface area (Å²) in [6, 6.07) is 8.07. The zero-order valence-corrected chi connectivity index (χ0v) is 10.8. The minimum absolute atomic E-state index is 0.0916. The Morgan fingerprint density at radius 2 is 1.83 bits per heavy atom. The van der Waals surface area contributed by atoms with Crippen LogP contribution in [0.2, 0.25) is 0 Å². The first-order valence-corrected chi connectivity index (χ1v) is 6.20. The molecule has 18 heavy (non-hydrogen) atoms. The summed E-state index contributed by atoms with van der Waals surface area (Å²) in [4.78, 5) is 12.0. The van der Waals surface area contributed by atoms with E-state index in [0.717, 1.165) is 12.0 Å². The summed E-state index contributed by atoms with van der Waals surface area (Å²) in [5.41, 5.74) is 2.20. The van der Waals surface area contributed by atoms with Gasteiger partial charge in [0.15, 0.2) is 0 Å². The lowest BCUT2D eigenvalue weighted by molar-refractivity contribution is -0.143. The normalized spacial score (nSPS) is 16.6. The van der Waals surface area contributed by atoms with Gasteiger partial charge in [-0.25, -0.2) is 0 Å². The van der Waals surface area contributed by atoms with Crippen molar-refractivity contribution in [1.82, 2.24) is 0 Å². The molecule has 0 bridgehead atoms. The summed E-state index contributed by atoms with van der Waals surface area (Å²) in [7, 11) is 1.44. The SMILES string of the molecule is COC(=O)C(c1ccc(C)cc1)C1C=CCC=C1. The van der Waals surface area contributed by atoms with Crippen molar-refractivity contribution < 1.29 is 9.53 Å². The molecule has 0 fully saturated rings. The molecule has 0 N–H and O–H groups in total. The molecule has 0 saturated heterocycles. The maximum atomic E-state index is 12.0. The van der Waals surface area contributed by atoms with Gasteiger partial charge in [0, 0.05) is 5.92 Å². The molecule has 0 amide bonds. The number of carbonyl (C=O) groups is 1. The third-order valence-corrected chi connectivity index (χ3v) is 3.27. The zero-order chi connectivity index (χ0) is 13.0. The number of aryl methyl sites for hydroxylation is 1. The standard InChI is InChI=1S/C16H18O2/c1-12-8-10-14(11-9-12)15(16(17)18-2)13-6-4-3-5-7-13/h4-11,13,15H,3H2,1-2H3. The lowest BCUT2D eigenvalue weighted by atomic mass is 9.83. The average Bonchev–Trinajstić information content (AvgIpc) is 2.42. The number of hydrogen-bond acceptors (Lipinski definition) is 2. The Labute approximate surface area is 108 Å². The van der Waals surface area contributed by atoms with Crippen LogP contribution in [-0.2, 0) is 9.53 Å². The molecule has 1 aromatic carbocycles. The highest BCUT2D eigenvalue weighted by Gasteiger charge is 2.28. The Hall–Kier alpha value is -1.83. The van der Waals surface area contributed by atoms with Crippen LogP contribution in [0.4, 0.5) is 0 Å². The van der Waals surface area contributed by atoms with E-state index in [9.17, 15) is 4.79 Å². The van der Waals surface area contributed by atoms with E-state index < -0.39 is 0 Å². The molecule has 0 aliphatic heterocycles. The van der Waals surface area contributed by atoms with Gasteiger partial charge in [0.05, 0.1) is 13.0 Å². The Morgan fingerprint density at radius 1 is 1.22 bits per heavy atom. The van der Waals surface area contributed by atoms with Gasteiger partial charge in [0.25, 0.3) is 0 Å².